The van der Waals surface area contributed by atoms with Crippen LogP contribution >= 0.6 is 11.8 Å². The molecule has 2 nitrogen and oxygen atoms in total. The van der Waals surface area contributed by atoms with E-state index in [-0.39, 0.29) is 6.61 Å². The Balaban J connectivity index is 1.99. The van der Waals surface area contributed by atoms with Gasteiger partial charge in [0.2, 0.25) is 0 Å². The first-order chi connectivity index (χ1) is 5.33. The van der Waals surface area contributed by atoms with Crippen molar-refractivity contribution in [1.29, 1.82) is 0 Å². The van der Waals surface area contributed by atoms with Crippen LogP contribution in [0.4, 0.5) is 0 Å². The lowest BCUT2D eigenvalue weighted by molar-refractivity contribution is 0.0700. The molecule has 1 aliphatic rings. The Labute approximate surface area is 72.3 Å². The van der Waals surface area contributed by atoms with Crippen molar-refractivity contribution in [3.8, 4) is 0 Å². The van der Waals surface area contributed by atoms with Crippen LogP contribution in [-0.2, 0) is 4.74 Å². The van der Waals surface area contributed by atoms with E-state index in [1.54, 1.807) is 11.8 Å². The fraction of sp³-hybridized carbons (Fsp3) is 1.00. The summed E-state index contributed by atoms with van der Waals surface area (Å²) >= 11 is 1.78. The predicted molar refractivity (Wildman–Crippen MR) is 48.0 cm³/mol. The second-order valence-corrected chi connectivity index (χ2v) is 4.09. The lowest BCUT2D eigenvalue weighted by atomic mass is 10.2. The van der Waals surface area contributed by atoms with E-state index >= 15 is 0 Å². The normalized spacial score (nSPS) is 31.1. The number of aliphatic hydroxyl groups excluding tert-OH is 1. The molecule has 0 aliphatic carbocycles. The van der Waals surface area contributed by atoms with Gasteiger partial charge in [-0.1, -0.05) is 0 Å². The average molecular weight is 176 g/mol. The third-order valence-corrected chi connectivity index (χ3v) is 2.94. The van der Waals surface area contributed by atoms with E-state index in [0.29, 0.717) is 12.2 Å². The smallest absolute Gasteiger partial charge is 0.0670 e. The van der Waals surface area contributed by atoms with Crippen LogP contribution in [0.5, 0.6) is 0 Å². The fourth-order valence-corrected chi connectivity index (χ4v) is 2.09. The Morgan fingerprint density at radius 2 is 2.36 bits per heavy atom. The number of hydrogen-bond acceptors (Lipinski definition) is 3. The molecule has 0 aromatic carbocycles. The molecule has 2 unspecified atom stereocenters. The molecule has 1 N–H and O–H groups in total. The van der Waals surface area contributed by atoms with Crippen molar-refractivity contribution >= 4 is 11.8 Å². The van der Waals surface area contributed by atoms with Gasteiger partial charge in [-0.2, -0.15) is 11.8 Å². The molecule has 0 saturated carbocycles. The molecule has 0 radical (unpaired) electrons. The van der Waals surface area contributed by atoms with Crippen molar-refractivity contribution in [3.05, 3.63) is 0 Å². The maximum atomic E-state index is 8.53. The molecule has 0 amide bonds. The summed E-state index contributed by atoms with van der Waals surface area (Å²) in [5, 5.41) is 8.53. The quantitative estimate of drug-likeness (QED) is 0.654. The molecule has 66 valence electrons. The molecule has 11 heavy (non-hydrogen) atoms. The molecule has 0 spiro atoms. The second kappa shape index (κ2) is 5.01. The molecule has 1 rings (SSSR count). The summed E-state index contributed by atoms with van der Waals surface area (Å²) in [5.41, 5.74) is 0. The van der Waals surface area contributed by atoms with Gasteiger partial charge in [0.05, 0.1) is 18.8 Å². The highest BCUT2D eigenvalue weighted by molar-refractivity contribution is 7.99. The van der Waals surface area contributed by atoms with Crippen LogP contribution in [0, 0.1) is 0 Å². The largest absolute Gasteiger partial charge is 0.396 e. The van der Waals surface area contributed by atoms with E-state index in [1.807, 2.05) is 0 Å². The lowest BCUT2D eigenvalue weighted by Gasteiger charge is -2.09. The van der Waals surface area contributed by atoms with Crippen molar-refractivity contribution in [2.45, 2.75) is 32.0 Å². The average Bonchev–Trinajstić information content (AvgIpc) is 2.37. The highest BCUT2D eigenvalue weighted by atomic mass is 32.2. The maximum absolute atomic E-state index is 8.53. The minimum atomic E-state index is 0.285. The standard InChI is InChI=1S/C8H16O2S/c1-7-2-3-8(10-7)6-11-5-4-9/h7-9H,2-6H2,1H3. The number of thioether (sulfide) groups is 1. The molecule has 1 heterocycles. The van der Waals surface area contributed by atoms with Crippen LogP contribution in [0.15, 0.2) is 0 Å². The second-order valence-electron chi connectivity index (χ2n) is 2.94. The highest BCUT2D eigenvalue weighted by Gasteiger charge is 2.20. The van der Waals surface area contributed by atoms with Crippen LogP contribution in [0.1, 0.15) is 19.8 Å². The summed E-state index contributed by atoms with van der Waals surface area (Å²) in [5.74, 6) is 1.89. The van der Waals surface area contributed by atoms with Crippen molar-refractivity contribution in [1.82, 2.24) is 0 Å². The first kappa shape index (κ1) is 9.36. The maximum Gasteiger partial charge on any atom is 0.0670 e. The minimum Gasteiger partial charge on any atom is -0.396 e. The van der Waals surface area contributed by atoms with Crippen molar-refractivity contribution in [3.63, 3.8) is 0 Å². The van der Waals surface area contributed by atoms with E-state index in [0.717, 1.165) is 11.5 Å². The number of aliphatic hydroxyl groups is 1. The molecule has 1 aliphatic heterocycles. The topological polar surface area (TPSA) is 29.5 Å². The molecular weight excluding hydrogens is 160 g/mol. The Morgan fingerprint density at radius 3 is 2.91 bits per heavy atom. The predicted octanol–water partition coefficient (Wildman–Crippen LogP) is 1.28. The Bertz CT molecular complexity index is 108. The highest BCUT2D eigenvalue weighted by Crippen LogP contribution is 2.21. The van der Waals surface area contributed by atoms with Gasteiger partial charge in [-0.15, -0.1) is 0 Å². The Kier molecular flexibility index (Phi) is 4.26. The minimum absolute atomic E-state index is 0.285. The molecular formula is C8H16O2S. The lowest BCUT2D eigenvalue weighted by Crippen LogP contribution is -2.11. The summed E-state index contributed by atoms with van der Waals surface area (Å²) in [4.78, 5) is 0. The molecule has 2 atom stereocenters. The molecule has 1 fully saturated rings. The van der Waals surface area contributed by atoms with Gasteiger partial charge in [0, 0.05) is 11.5 Å². The van der Waals surface area contributed by atoms with Gasteiger partial charge < -0.3 is 9.84 Å². The number of ether oxygens (including phenoxy) is 1. The van der Waals surface area contributed by atoms with Gasteiger partial charge in [0.25, 0.3) is 0 Å². The summed E-state index contributed by atoms with van der Waals surface area (Å²) in [6, 6.07) is 0. The Hall–Kier alpha value is 0.270. The first-order valence-electron chi connectivity index (χ1n) is 4.17. The zero-order chi connectivity index (χ0) is 8.10. The van der Waals surface area contributed by atoms with Gasteiger partial charge >= 0.3 is 0 Å². The summed E-state index contributed by atoms with van der Waals surface area (Å²) in [7, 11) is 0. The SMILES string of the molecule is CC1CCC(CSCCO)O1. The van der Waals surface area contributed by atoms with E-state index in [9.17, 15) is 0 Å². The summed E-state index contributed by atoms with van der Waals surface area (Å²) in [6.45, 7) is 2.41. The zero-order valence-corrected chi connectivity index (χ0v) is 7.77. The molecule has 1 saturated heterocycles. The van der Waals surface area contributed by atoms with E-state index in [2.05, 4.69) is 6.92 Å². The molecule has 0 aromatic rings. The van der Waals surface area contributed by atoms with Gasteiger partial charge in [-0.25, -0.2) is 0 Å². The van der Waals surface area contributed by atoms with E-state index < -0.39 is 0 Å². The zero-order valence-electron chi connectivity index (χ0n) is 6.95. The van der Waals surface area contributed by atoms with Crippen molar-refractivity contribution < 1.29 is 9.84 Å². The van der Waals surface area contributed by atoms with Crippen LogP contribution in [-0.4, -0.2) is 35.4 Å². The van der Waals surface area contributed by atoms with Crippen LogP contribution < -0.4 is 0 Å². The van der Waals surface area contributed by atoms with Gasteiger partial charge in [-0.05, 0) is 19.8 Å². The van der Waals surface area contributed by atoms with Crippen molar-refractivity contribution in [2.75, 3.05) is 18.1 Å². The summed E-state index contributed by atoms with van der Waals surface area (Å²) in [6.07, 6.45) is 3.29. The van der Waals surface area contributed by atoms with Crippen LogP contribution in [0.25, 0.3) is 0 Å². The molecule has 0 aromatic heterocycles. The Morgan fingerprint density at radius 1 is 1.55 bits per heavy atom. The molecule has 0 bridgehead atoms. The van der Waals surface area contributed by atoms with Gasteiger partial charge in [0.1, 0.15) is 0 Å². The van der Waals surface area contributed by atoms with Crippen LogP contribution in [0.2, 0.25) is 0 Å². The van der Waals surface area contributed by atoms with Crippen LogP contribution in [0.3, 0.4) is 0 Å². The van der Waals surface area contributed by atoms with Gasteiger partial charge in [0.15, 0.2) is 0 Å². The fourth-order valence-electron chi connectivity index (χ4n) is 1.29. The molecule has 3 heteroatoms. The third kappa shape index (κ3) is 3.45. The summed E-state index contributed by atoms with van der Waals surface area (Å²) < 4.78 is 5.61. The third-order valence-electron chi connectivity index (χ3n) is 1.86. The first-order valence-corrected chi connectivity index (χ1v) is 5.32. The van der Waals surface area contributed by atoms with E-state index in [4.69, 9.17) is 9.84 Å². The van der Waals surface area contributed by atoms with E-state index in [1.165, 1.54) is 12.8 Å². The van der Waals surface area contributed by atoms with Gasteiger partial charge in [-0.3, -0.25) is 0 Å². The monoisotopic (exact) mass is 176 g/mol. The van der Waals surface area contributed by atoms with Crippen molar-refractivity contribution in [2.24, 2.45) is 0 Å². The number of rotatable bonds is 4. The number of hydrogen-bond donors (Lipinski definition) is 1.